The van der Waals surface area contributed by atoms with Crippen molar-refractivity contribution in [3.63, 3.8) is 0 Å². The highest BCUT2D eigenvalue weighted by atomic mass is 16.5. The van der Waals surface area contributed by atoms with Gasteiger partial charge in [0.25, 0.3) is 0 Å². The molecular formula is C17H20N2O3. The molecule has 5 heteroatoms. The lowest BCUT2D eigenvalue weighted by Crippen LogP contribution is -2.14. The van der Waals surface area contributed by atoms with Gasteiger partial charge in [0.1, 0.15) is 0 Å². The van der Waals surface area contributed by atoms with Gasteiger partial charge in [-0.1, -0.05) is 30.3 Å². The van der Waals surface area contributed by atoms with E-state index in [1.54, 1.807) is 12.1 Å². The van der Waals surface area contributed by atoms with E-state index >= 15 is 0 Å². The third-order valence-corrected chi connectivity index (χ3v) is 3.31. The van der Waals surface area contributed by atoms with E-state index in [2.05, 4.69) is 5.32 Å². The molecule has 0 bridgehead atoms. The Morgan fingerprint density at radius 3 is 2.36 bits per heavy atom. The Morgan fingerprint density at radius 1 is 1.09 bits per heavy atom. The molecule has 0 atom stereocenters. The van der Waals surface area contributed by atoms with Crippen molar-refractivity contribution in [3.05, 3.63) is 48.0 Å². The average Bonchev–Trinajstić information content (AvgIpc) is 2.55. The van der Waals surface area contributed by atoms with Crippen molar-refractivity contribution in [2.45, 2.75) is 12.8 Å². The molecule has 0 unspecified atom stereocenters. The summed E-state index contributed by atoms with van der Waals surface area (Å²) < 4.78 is 10.4. The van der Waals surface area contributed by atoms with Gasteiger partial charge in [0.15, 0.2) is 11.5 Å². The number of methoxy groups -OCH3 is 2. The molecule has 116 valence electrons. The quantitative estimate of drug-likeness (QED) is 0.805. The van der Waals surface area contributed by atoms with Crippen LogP contribution in [-0.4, -0.2) is 20.1 Å². The maximum absolute atomic E-state index is 12.1. The number of ether oxygens (including phenoxy) is 2. The van der Waals surface area contributed by atoms with E-state index in [9.17, 15) is 4.79 Å². The molecule has 2 rings (SSSR count). The zero-order chi connectivity index (χ0) is 15.9. The van der Waals surface area contributed by atoms with Gasteiger partial charge in [0.05, 0.1) is 25.6 Å². The van der Waals surface area contributed by atoms with E-state index in [0.717, 1.165) is 5.56 Å². The van der Waals surface area contributed by atoms with Gasteiger partial charge >= 0.3 is 0 Å². The molecule has 0 radical (unpaired) electrons. The molecule has 0 spiro atoms. The van der Waals surface area contributed by atoms with E-state index in [4.69, 9.17) is 15.2 Å². The number of nitrogen functional groups attached to an aromatic ring is 1. The maximum atomic E-state index is 12.1. The Labute approximate surface area is 130 Å². The van der Waals surface area contributed by atoms with E-state index in [1.807, 2.05) is 30.3 Å². The summed E-state index contributed by atoms with van der Waals surface area (Å²) in [7, 11) is 3.07. The first-order valence-corrected chi connectivity index (χ1v) is 6.99. The SMILES string of the molecule is COc1cc(N)c(NC(=O)CCc2ccccc2)cc1OC. The zero-order valence-electron chi connectivity index (χ0n) is 12.8. The molecule has 0 aliphatic carbocycles. The summed E-state index contributed by atoms with van der Waals surface area (Å²) in [6.45, 7) is 0. The maximum Gasteiger partial charge on any atom is 0.224 e. The fourth-order valence-electron chi connectivity index (χ4n) is 2.12. The van der Waals surface area contributed by atoms with Gasteiger partial charge in [-0.15, -0.1) is 0 Å². The van der Waals surface area contributed by atoms with Crippen molar-refractivity contribution in [2.24, 2.45) is 0 Å². The second-order valence-electron chi connectivity index (χ2n) is 4.83. The van der Waals surface area contributed by atoms with Gasteiger partial charge in [-0.3, -0.25) is 4.79 Å². The van der Waals surface area contributed by atoms with E-state index < -0.39 is 0 Å². The van der Waals surface area contributed by atoms with Crippen LogP contribution < -0.4 is 20.5 Å². The fourth-order valence-corrected chi connectivity index (χ4v) is 2.12. The number of nitrogens with two attached hydrogens (primary N) is 1. The molecular weight excluding hydrogens is 280 g/mol. The van der Waals surface area contributed by atoms with Gasteiger partial charge in [-0.25, -0.2) is 0 Å². The minimum absolute atomic E-state index is 0.0947. The molecule has 0 heterocycles. The Bertz CT molecular complexity index is 642. The highest BCUT2D eigenvalue weighted by Crippen LogP contribution is 2.34. The number of nitrogens with one attached hydrogen (secondary N) is 1. The molecule has 0 fully saturated rings. The number of aryl methyl sites for hydroxylation is 1. The largest absolute Gasteiger partial charge is 0.493 e. The number of benzene rings is 2. The van der Waals surface area contributed by atoms with E-state index in [1.165, 1.54) is 14.2 Å². The lowest BCUT2D eigenvalue weighted by Gasteiger charge is -2.13. The summed E-state index contributed by atoms with van der Waals surface area (Å²) in [6.07, 6.45) is 1.07. The molecule has 0 saturated heterocycles. The van der Waals surface area contributed by atoms with Crippen molar-refractivity contribution in [3.8, 4) is 11.5 Å². The predicted molar refractivity (Wildman–Crippen MR) is 87.4 cm³/mol. The van der Waals surface area contributed by atoms with Gasteiger partial charge in [-0.05, 0) is 12.0 Å². The van der Waals surface area contributed by atoms with Crippen LogP contribution in [0.15, 0.2) is 42.5 Å². The lowest BCUT2D eigenvalue weighted by molar-refractivity contribution is -0.116. The van der Waals surface area contributed by atoms with Crippen LogP contribution in [0.4, 0.5) is 11.4 Å². The van der Waals surface area contributed by atoms with Crippen molar-refractivity contribution in [1.29, 1.82) is 0 Å². The minimum Gasteiger partial charge on any atom is -0.493 e. The average molecular weight is 300 g/mol. The predicted octanol–water partition coefficient (Wildman–Crippen LogP) is 2.86. The highest BCUT2D eigenvalue weighted by Gasteiger charge is 2.11. The topological polar surface area (TPSA) is 73.6 Å². The van der Waals surface area contributed by atoms with Gasteiger partial charge in [-0.2, -0.15) is 0 Å². The first kappa shape index (κ1) is 15.7. The number of carbonyl (C=O) groups excluding carboxylic acids is 1. The van der Waals surface area contributed by atoms with Crippen LogP contribution in [0.1, 0.15) is 12.0 Å². The van der Waals surface area contributed by atoms with Crippen molar-refractivity contribution >= 4 is 17.3 Å². The number of carbonyl (C=O) groups is 1. The summed E-state index contributed by atoms with van der Waals surface area (Å²) in [5.41, 5.74) is 8.01. The van der Waals surface area contributed by atoms with E-state index in [0.29, 0.717) is 35.7 Å². The Morgan fingerprint density at radius 2 is 1.73 bits per heavy atom. The van der Waals surface area contributed by atoms with Gasteiger partial charge in [0, 0.05) is 18.6 Å². The van der Waals surface area contributed by atoms with Crippen LogP contribution in [0, 0.1) is 0 Å². The second-order valence-corrected chi connectivity index (χ2v) is 4.83. The van der Waals surface area contributed by atoms with Crippen molar-refractivity contribution in [1.82, 2.24) is 0 Å². The van der Waals surface area contributed by atoms with Crippen LogP contribution in [0.2, 0.25) is 0 Å². The number of anilines is 2. The molecule has 22 heavy (non-hydrogen) atoms. The van der Waals surface area contributed by atoms with Crippen molar-refractivity contribution < 1.29 is 14.3 Å². The van der Waals surface area contributed by atoms with Crippen LogP contribution in [0.25, 0.3) is 0 Å². The lowest BCUT2D eigenvalue weighted by atomic mass is 10.1. The molecule has 1 amide bonds. The number of hydrogen-bond acceptors (Lipinski definition) is 4. The summed E-state index contributed by atoms with van der Waals surface area (Å²) in [5, 5.41) is 2.81. The van der Waals surface area contributed by atoms with Crippen LogP contribution in [0.3, 0.4) is 0 Å². The third kappa shape index (κ3) is 3.91. The van der Waals surface area contributed by atoms with Crippen LogP contribution in [-0.2, 0) is 11.2 Å². The molecule has 2 aromatic rings. The molecule has 0 aromatic heterocycles. The van der Waals surface area contributed by atoms with Gasteiger partial charge in [0.2, 0.25) is 5.91 Å². The van der Waals surface area contributed by atoms with Crippen molar-refractivity contribution in [2.75, 3.05) is 25.3 Å². The number of hydrogen-bond donors (Lipinski definition) is 2. The molecule has 2 aromatic carbocycles. The summed E-state index contributed by atoms with van der Waals surface area (Å²) in [4.78, 5) is 12.1. The summed E-state index contributed by atoms with van der Waals surface area (Å²) in [6, 6.07) is 13.2. The number of rotatable bonds is 6. The molecule has 0 aliphatic rings. The smallest absolute Gasteiger partial charge is 0.224 e. The van der Waals surface area contributed by atoms with E-state index in [-0.39, 0.29) is 5.91 Å². The summed E-state index contributed by atoms with van der Waals surface area (Å²) in [5.74, 6) is 0.958. The second kappa shape index (κ2) is 7.36. The first-order chi connectivity index (χ1) is 10.6. The number of amides is 1. The molecule has 5 nitrogen and oxygen atoms in total. The normalized spacial score (nSPS) is 10.1. The fraction of sp³-hybridized carbons (Fsp3) is 0.235. The Hall–Kier alpha value is -2.69. The summed E-state index contributed by atoms with van der Waals surface area (Å²) >= 11 is 0. The molecule has 3 N–H and O–H groups in total. The Kier molecular flexibility index (Phi) is 5.25. The van der Waals surface area contributed by atoms with Gasteiger partial charge < -0.3 is 20.5 Å². The minimum atomic E-state index is -0.0947. The monoisotopic (exact) mass is 300 g/mol. The van der Waals surface area contributed by atoms with Crippen LogP contribution in [0.5, 0.6) is 11.5 Å². The molecule has 0 aliphatic heterocycles. The highest BCUT2D eigenvalue weighted by molar-refractivity contribution is 5.94. The zero-order valence-corrected chi connectivity index (χ0v) is 12.8. The Balaban J connectivity index is 2.02. The third-order valence-electron chi connectivity index (χ3n) is 3.31. The first-order valence-electron chi connectivity index (χ1n) is 6.99. The molecule has 0 saturated carbocycles. The standard InChI is InChI=1S/C17H20N2O3/c1-21-15-10-13(18)14(11-16(15)22-2)19-17(20)9-8-12-6-4-3-5-7-12/h3-7,10-11H,8-9,18H2,1-2H3,(H,19,20). The van der Waals surface area contributed by atoms with Crippen LogP contribution >= 0.6 is 0 Å².